The molecule has 0 saturated heterocycles. The van der Waals surface area contributed by atoms with E-state index in [1.165, 1.54) is 0 Å². The van der Waals surface area contributed by atoms with Gasteiger partial charge in [0.15, 0.2) is 5.16 Å². The maximum Gasteiger partial charge on any atom is 0.273 e. The number of thioether (sulfide) groups is 1. The summed E-state index contributed by atoms with van der Waals surface area (Å²) in [6.45, 7) is 7.25. The van der Waals surface area contributed by atoms with Crippen molar-refractivity contribution in [3.05, 3.63) is 45.4 Å². The molecule has 0 saturated carbocycles. The number of anilines is 1. The Bertz CT molecular complexity index is 757. The van der Waals surface area contributed by atoms with Crippen molar-refractivity contribution in [2.24, 2.45) is 0 Å². The highest BCUT2D eigenvalue weighted by Gasteiger charge is 2.17. The van der Waals surface area contributed by atoms with Gasteiger partial charge in [-0.05, 0) is 44.9 Å². The Kier molecular flexibility index (Phi) is 4.97. The minimum Gasteiger partial charge on any atom is -0.325 e. The Labute approximate surface area is 132 Å². The number of nitrogens with zero attached hydrogens (tertiary/aromatic N) is 2. The second-order valence-corrected chi connectivity index (χ2v) is 6.44. The number of carbonyl (C=O) groups is 1. The molecule has 0 aliphatic rings. The molecule has 0 spiro atoms. The van der Waals surface area contributed by atoms with E-state index in [2.05, 4.69) is 20.5 Å². The zero-order valence-corrected chi connectivity index (χ0v) is 13.7. The quantitative estimate of drug-likeness (QED) is 0.844. The molecule has 22 heavy (non-hydrogen) atoms. The Morgan fingerprint density at radius 3 is 2.68 bits per heavy atom. The zero-order valence-electron chi connectivity index (χ0n) is 12.9. The summed E-state index contributed by atoms with van der Waals surface area (Å²) in [4.78, 5) is 26.4. The Morgan fingerprint density at radius 2 is 2.00 bits per heavy atom. The average Bonchev–Trinajstić information content (AvgIpc) is 2.46. The van der Waals surface area contributed by atoms with E-state index in [-0.39, 0.29) is 11.5 Å². The van der Waals surface area contributed by atoms with Crippen molar-refractivity contribution >= 4 is 23.4 Å². The predicted octanol–water partition coefficient (Wildman–Crippen LogP) is 2.21. The van der Waals surface area contributed by atoms with Gasteiger partial charge < -0.3 is 5.32 Å². The lowest BCUT2D eigenvalue weighted by atomic mass is 10.1. The Hall–Kier alpha value is -2.15. The highest BCUT2D eigenvalue weighted by Crippen LogP contribution is 2.21. The number of amides is 1. The van der Waals surface area contributed by atoms with Crippen LogP contribution in [0.25, 0.3) is 0 Å². The number of benzene rings is 1. The molecule has 0 aliphatic heterocycles. The van der Waals surface area contributed by atoms with E-state index in [1.807, 2.05) is 32.0 Å². The van der Waals surface area contributed by atoms with Crippen molar-refractivity contribution in [3.63, 3.8) is 0 Å². The average molecular weight is 318 g/mol. The summed E-state index contributed by atoms with van der Waals surface area (Å²) in [5.74, 6) is -0.151. The van der Waals surface area contributed by atoms with Crippen LogP contribution in [0.2, 0.25) is 0 Å². The molecule has 1 atom stereocenters. The molecule has 2 rings (SSSR count). The Morgan fingerprint density at radius 1 is 1.27 bits per heavy atom. The largest absolute Gasteiger partial charge is 0.325 e. The van der Waals surface area contributed by atoms with Crippen LogP contribution in [0.15, 0.2) is 28.2 Å². The molecule has 2 aromatic rings. The summed E-state index contributed by atoms with van der Waals surface area (Å²) in [6, 6.07) is 5.89. The van der Waals surface area contributed by atoms with Crippen LogP contribution < -0.4 is 10.9 Å². The molecule has 116 valence electrons. The third-order valence-electron chi connectivity index (χ3n) is 3.15. The van der Waals surface area contributed by atoms with E-state index < -0.39 is 5.25 Å². The number of carbonyl (C=O) groups excluding carboxylic acids is 1. The second-order valence-electron chi connectivity index (χ2n) is 5.11. The fourth-order valence-electron chi connectivity index (χ4n) is 1.76. The molecule has 1 aromatic heterocycles. The number of rotatable bonds is 4. The van der Waals surface area contributed by atoms with E-state index in [9.17, 15) is 9.59 Å². The van der Waals surface area contributed by atoms with E-state index in [0.29, 0.717) is 10.9 Å². The maximum atomic E-state index is 12.3. The summed E-state index contributed by atoms with van der Waals surface area (Å²) >= 11 is 1.16. The lowest BCUT2D eigenvalue weighted by Crippen LogP contribution is -2.24. The zero-order chi connectivity index (χ0) is 16.3. The topological polar surface area (TPSA) is 87.7 Å². The van der Waals surface area contributed by atoms with Crippen LogP contribution in [0.4, 0.5) is 5.69 Å². The molecule has 1 aromatic carbocycles. The van der Waals surface area contributed by atoms with Crippen LogP contribution in [-0.2, 0) is 4.79 Å². The smallest absolute Gasteiger partial charge is 0.273 e. The van der Waals surface area contributed by atoms with Crippen LogP contribution in [0, 0.1) is 20.8 Å². The Balaban J connectivity index is 2.07. The van der Waals surface area contributed by atoms with Crippen LogP contribution in [0.3, 0.4) is 0 Å². The van der Waals surface area contributed by atoms with Gasteiger partial charge in [0.2, 0.25) is 5.91 Å². The first kappa shape index (κ1) is 16.2. The number of H-pyrrole nitrogens is 1. The molecule has 1 amide bonds. The van der Waals surface area contributed by atoms with Gasteiger partial charge in [-0.25, -0.2) is 0 Å². The lowest BCUT2D eigenvalue weighted by Gasteiger charge is -2.13. The van der Waals surface area contributed by atoms with Gasteiger partial charge in [0, 0.05) is 5.69 Å². The minimum atomic E-state index is -0.410. The van der Waals surface area contributed by atoms with E-state index >= 15 is 0 Å². The van der Waals surface area contributed by atoms with E-state index in [4.69, 9.17) is 0 Å². The van der Waals surface area contributed by atoms with E-state index in [0.717, 1.165) is 28.6 Å². The summed E-state index contributed by atoms with van der Waals surface area (Å²) in [5.41, 5.74) is 2.88. The van der Waals surface area contributed by atoms with Crippen LogP contribution in [0.1, 0.15) is 23.7 Å². The maximum absolute atomic E-state index is 12.3. The summed E-state index contributed by atoms with van der Waals surface area (Å²) in [6.07, 6.45) is 0. The predicted molar refractivity (Wildman–Crippen MR) is 87.3 cm³/mol. The SMILES string of the molecule is Cc1ccc(C)c(NC(=O)[C@H](C)Sc2nnc(C)c(=O)[nH]2)c1. The molecule has 0 radical (unpaired) electrons. The highest BCUT2D eigenvalue weighted by atomic mass is 32.2. The third-order valence-corrected chi connectivity index (χ3v) is 4.12. The van der Waals surface area contributed by atoms with Crippen molar-refractivity contribution in [2.75, 3.05) is 5.32 Å². The molecule has 6 nitrogen and oxygen atoms in total. The van der Waals surface area contributed by atoms with Gasteiger partial charge in [0.05, 0.1) is 5.25 Å². The number of hydrogen-bond acceptors (Lipinski definition) is 5. The number of aryl methyl sites for hydroxylation is 3. The van der Waals surface area contributed by atoms with Gasteiger partial charge in [0.1, 0.15) is 5.69 Å². The van der Waals surface area contributed by atoms with Crippen molar-refractivity contribution in [3.8, 4) is 0 Å². The number of hydrogen-bond donors (Lipinski definition) is 2. The van der Waals surface area contributed by atoms with Crippen LogP contribution >= 0.6 is 11.8 Å². The fraction of sp³-hybridized carbons (Fsp3) is 0.333. The third kappa shape index (κ3) is 3.94. The van der Waals surface area contributed by atoms with Gasteiger partial charge in [-0.2, -0.15) is 0 Å². The molecular formula is C15H18N4O2S. The summed E-state index contributed by atoms with van der Waals surface area (Å²) in [7, 11) is 0. The van der Waals surface area contributed by atoms with Gasteiger partial charge in [-0.15, -0.1) is 10.2 Å². The van der Waals surface area contributed by atoms with Crippen LogP contribution in [-0.4, -0.2) is 26.3 Å². The van der Waals surface area contributed by atoms with Gasteiger partial charge in [-0.1, -0.05) is 23.9 Å². The van der Waals surface area contributed by atoms with Gasteiger partial charge >= 0.3 is 0 Å². The van der Waals surface area contributed by atoms with Crippen molar-refractivity contribution in [1.82, 2.24) is 15.2 Å². The van der Waals surface area contributed by atoms with Crippen molar-refractivity contribution in [1.29, 1.82) is 0 Å². The first-order valence-electron chi connectivity index (χ1n) is 6.85. The fourth-order valence-corrected chi connectivity index (χ4v) is 2.50. The van der Waals surface area contributed by atoms with Crippen LogP contribution in [0.5, 0.6) is 0 Å². The standard InChI is InChI=1S/C15H18N4O2S/c1-8-5-6-9(2)12(7-8)16-14(21)11(4)22-15-17-13(20)10(3)18-19-15/h5-7,11H,1-4H3,(H,16,21)(H,17,19,20)/t11-/m0/s1. The summed E-state index contributed by atoms with van der Waals surface area (Å²) in [5, 5.41) is 10.5. The van der Waals surface area contributed by atoms with Crippen molar-refractivity contribution in [2.45, 2.75) is 38.1 Å². The number of aromatic amines is 1. The van der Waals surface area contributed by atoms with Crippen molar-refractivity contribution < 1.29 is 4.79 Å². The molecular weight excluding hydrogens is 300 g/mol. The molecule has 0 aliphatic carbocycles. The first-order valence-corrected chi connectivity index (χ1v) is 7.73. The first-order chi connectivity index (χ1) is 10.4. The monoisotopic (exact) mass is 318 g/mol. The molecule has 0 bridgehead atoms. The minimum absolute atomic E-state index is 0.151. The van der Waals surface area contributed by atoms with E-state index in [1.54, 1.807) is 13.8 Å². The molecule has 0 unspecified atom stereocenters. The molecule has 1 heterocycles. The molecule has 2 N–H and O–H groups in total. The summed E-state index contributed by atoms with van der Waals surface area (Å²) < 4.78 is 0. The molecule has 7 heteroatoms. The molecule has 0 fully saturated rings. The highest BCUT2D eigenvalue weighted by molar-refractivity contribution is 8.00. The second kappa shape index (κ2) is 6.74. The van der Waals surface area contributed by atoms with Gasteiger partial charge in [0.25, 0.3) is 5.56 Å². The van der Waals surface area contributed by atoms with Gasteiger partial charge in [-0.3, -0.25) is 14.6 Å². The number of nitrogens with one attached hydrogen (secondary N) is 2. The lowest BCUT2D eigenvalue weighted by molar-refractivity contribution is -0.115. The normalized spacial score (nSPS) is 12.0. The number of aromatic nitrogens is 3.